The molecule has 0 spiro atoms. The van der Waals surface area contributed by atoms with Crippen molar-refractivity contribution in [2.75, 3.05) is 5.32 Å². The van der Waals surface area contributed by atoms with E-state index in [1.807, 2.05) is 0 Å². The Labute approximate surface area is 138 Å². The quantitative estimate of drug-likeness (QED) is 0.821. The van der Waals surface area contributed by atoms with Crippen molar-refractivity contribution in [2.45, 2.75) is 45.1 Å². The lowest BCUT2D eigenvalue weighted by molar-refractivity contribution is 0.374. The van der Waals surface area contributed by atoms with Crippen molar-refractivity contribution in [3.63, 3.8) is 0 Å². The van der Waals surface area contributed by atoms with E-state index in [0.29, 0.717) is 17.9 Å². The summed E-state index contributed by atoms with van der Waals surface area (Å²) in [5.74, 6) is 1.31. The number of hydrogen-bond donors (Lipinski definition) is 1. The van der Waals surface area contributed by atoms with Gasteiger partial charge in [0.25, 0.3) is 0 Å². The Hall–Kier alpha value is -0.940. The molecular weight excluding hydrogens is 346 g/mol. The summed E-state index contributed by atoms with van der Waals surface area (Å²) in [6.45, 7) is 4.42. The van der Waals surface area contributed by atoms with Crippen molar-refractivity contribution in [2.24, 2.45) is 5.92 Å². The maximum absolute atomic E-state index is 4.26. The third-order valence-corrected chi connectivity index (χ3v) is 5.26. The third-order valence-electron chi connectivity index (χ3n) is 3.86. The molecule has 0 aliphatic heterocycles. The number of benzene rings is 1. The van der Waals surface area contributed by atoms with Crippen molar-refractivity contribution in [3.8, 4) is 0 Å². The molecule has 0 unspecified atom stereocenters. The SMILES string of the molecule is CC(C)Cc1nnc(NC2CC(c3ccc(Br)cc3)C2)s1. The summed E-state index contributed by atoms with van der Waals surface area (Å²) in [6.07, 6.45) is 3.38. The number of nitrogens with zero attached hydrogens (tertiary/aromatic N) is 2. The smallest absolute Gasteiger partial charge is 0.205 e. The Morgan fingerprint density at radius 2 is 1.95 bits per heavy atom. The van der Waals surface area contributed by atoms with E-state index in [9.17, 15) is 0 Å². The van der Waals surface area contributed by atoms with Crippen LogP contribution in [-0.4, -0.2) is 16.2 Å². The fraction of sp³-hybridized carbons (Fsp3) is 0.500. The topological polar surface area (TPSA) is 37.8 Å². The number of halogens is 1. The summed E-state index contributed by atoms with van der Waals surface area (Å²) < 4.78 is 1.15. The molecule has 112 valence electrons. The van der Waals surface area contributed by atoms with E-state index in [-0.39, 0.29) is 0 Å². The van der Waals surface area contributed by atoms with Crippen LogP contribution in [0, 0.1) is 5.92 Å². The van der Waals surface area contributed by atoms with Gasteiger partial charge in [-0.3, -0.25) is 0 Å². The Kier molecular flexibility index (Phi) is 4.60. The zero-order chi connectivity index (χ0) is 14.8. The van der Waals surface area contributed by atoms with Gasteiger partial charge in [0.1, 0.15) is 5.01 Å². The number of aromatic nitrogens is 2. The highest BCUT2D eigenvalue weighted by Gasteiger charge is 2.30. The molecule has 0 saturated heterocycles. The molecule has 1 aliphatic carbocycles. The molecule has 1 fully saturated rings. The van der Waals surface area contributed by atoms with Crippen LogP contribution < -0.4 is 5.32 Å². The predicted molar refractivity (Wildman–Crippen MR) is 92.0 cm³/mol. The van der Waals surface area contributed by atoms with Gasteiger partial charge in [0.15, 0.2) is 0 Å². The van der Waals surface area contributed by atoms with Crippen LogP contribution in [0.2, 0.25) is 0 Å². The summed E-state index contributed by atoms with van der Waals surface area (Å²) in [4.78, 5) is 0. The molecule has 1 saturated carbocycles. The second-order valence-corrected chi connectivity index (χ2v) is 8.14. The van der Waals surface area contributed by atoms with E-state index in [2.05, 4.69) is 69.6 Å². The zero-order valence-electron chi connectivity index (χ0n) is 12.3. The highest BCUT2D eigenvalue weighted by molar-refractivity contribution is 9.10. The molecule has 3 nitrogen and oxygen atoms in total. The van der Waals surface area contributed by atoms with Gasteiger partial charge >= 0.3 is 0 Å². The number of rotatable bonds is 5. The van der Waals surface area contributed by atoms with Gasteiger partial charge in [-0.05, 0) is 42.4 Å². The monoisotopic (exact) mass is 365 g/mol. The Morgan fingerprint density at radius 3 is 2.62 bits per heavy atom. The molecule has 0 atom stereocenters. The average molecular weight is 366 g/mol. The van der Waals surface area contributed by atoms with E-state index in [4.69, 9.17) is 0 Å². The van der Waals surface area contributed by atoms with Crippen LogP contribution in [0.3, 0.4) is 0 Å². The van der Waals surface area contributed by atoms with Gasteiger partial charge in [0.05, 0.1) is 0 Å². The molecule has 0 amide bonds. The van der Waals surface area contributed by atoms with E-state index >= 15 is 0 Å². The van der Waals surface area contributed by atoms with Crippen LogP contribution in [0.4, 0.5) is 5.13 Å². The van der Waals surface area contributed by atoms with Gasteiger partial charge in [0.2, 0.25) is 5.13 Å². The van der Waals surface area contributed by atoms with Crippen LogP contribution in [0.25, 0.3) is 0 Å². The standard InChI is InChI=1S/C16H20BrN3S/c1-10(2)7-15-19-20-16(21-15)18-14-8-12(9-14)11-3-5-13(17)6-4-11/h3-6,10,12,14H,7-9H2,1-2H3,(H,18,20). The van der Waals surface area contributed by atoms with Crippen LogP contribution in [0.1, 0.15) is 43.2 Å². The number of nitrogens with one attached hydrogen (secondary N) is 1. The molecular formula is C16H20BrN3S. The minimum Gasteiger partial charge on any atom is -0.357 e. The van der Waals surface area contributed by atoms with Crippen LogP contribution in [0.5, 0.6) is 0 Å². The van der Waals surface area contributed by atoms with Gasteiger partial charge < -0.3 is 5.32 Å². The molecule has 2 aromatic rings. The van der Waals surface area contributed by atoms with Gasteiger partial charge in [0, 0.05) is 16.9 Å². The van der Waals surface area contributed by atoms with Crippen molar-refractivity contribution in [3.05, 3.63) is 39.3 Å². The van der Waals surface area contributed by atoms with E-state index in [1.54, 1.807) is 11.3 Å². The highest BCUT2D eigenvalue weighted by atomic mass is 79.9. The minimum absolute atomic E-state index is 0.540. The first kappa shape index (κ1) is 15.0. The molecule has 0 bridgehead atoms. The van der Waals surface area contributed by atoms with E-state index in [1.165, 1.54) is 18.4 Å². The molecule has 1 N–H and O–H groups in total. The van der Waals surface area contributed by atoms with Crippen molar-refractivity contribution >= 4 is 32.4 Å². The molecule has 3 rings (SSSR count). The fourth-order valence-electron chi connectivity index (χ4n) is 2.66. The lowest BCUT2D eigenvalue weighted by Crippen LogP contribution is -2.33. The van der Waals surface area contributed by atoms with Crippen LogP contribution >= 0.6 is 27.3 Å². The van der Waals surface area contributed by atoms with E-state index in [0.717, 1.165) is 21.0 Å². The first-order valence-electron chi connectivity index (χ1n) is 7.44. The first-order valence-corrected chi connectivity index (χ1v) is 9.05. The predicted octanol–water partition coefficient (Wildman–Crippen LogP) is 4.86. The summed E-state index contributed by atoms with van der Waals surface area (Å²) >= 11 is 5.18. The molecule has 1 heterocycles. The molecule has 1 aromatic heterocycles. The van der Waals surface area contributed by atoms with Gasteiger partial charge in [-0.25, -0.2) is 0 Å². The fourth-order valence-corrected chi connectivity index (χ4v) is 3.95. The van der Waals surface area contributed by atoms with Crippen LogP contribution in [0.15, 0.2) is 28.7 Å². The Balaban J connectivity index is 1.50. The van der Waals surface area contributed by atoms with Gasteiger partial charge in [-0.2, -0.15) is 0 Å². The van der Waals surface area contributed by atoms with Crippen LogP contribution in [-0.2, 0) is 6.42 Å². The van der Waals surface area contributed by atoms with Gasteiger partial charge in [-0.15, -0.1) is 10.2 Å². The van der Waals surface area contributed by atoms with Crippen molar-refractivity contribution < 1.29 is 0 Å². The molecule has 1 aliphatic rings. The summed E-state index contributed by atoms with van der Waals surface area (Å²) in [5, 5.41) is 14.1. The van der Waals surface area contributed by atoms with Crippen molar-refractivity contribution in [1.29, 1.82) is 0 Å². The largest absolute Gasteiger partial charge is 0.357 e. The van der Waals surface area contributed by atoms with E-state index < -0.39 is 0 Å². The highest BCUT2D eigenvalue weighted by Crippen LogP contribution is 2.39. The maximum Gasteiger partial charge on any atom is 0.205 e. The Morgan fingerprint density at radius 1 is 1.24 bits per heavy atom. The normalized spacial score (nSPS) is 21.3. The zero-order valence-corrected chi connectivity index (χ0v) is 14.7. The first-order chi connectivity index (χ1) is 10.1. The maximum atomic E-state index is 4.26. The summed E-state index contributed by atoms with van der Waals surface area (Å²) in [5.41, 5.74) is 1.44. The summed E-state index contributed by atoms with van der Waals surface area (Å²) in [7, 11) is 0. The average Bonchev–Trinajstić information content (AvgIpc) is 2.81. The molecule has 21 heavy (non-hydrogen) atoms. The van der Waals surface area contributed by atoms with Crippen molar-refractivity contribution in [1.82, 2.24) is 10.2 Å². The van der Waals surface area contributed by atoms with Gasteiger partial charge in [-0.1, -0.05) is 53.2 Å². The Bertz CT molecular complexity index is 588. The lowest BCUT2D eigenvalue weighted by Gasteiger charge is -2.36. The number of hydrogen-bond acceptors (Lipinski definition) is 4. The molecule has 1 aromatic carbocycles. The number of anilines is 1. The third kappa shape index (κ3) is 3.83. The lowest BCUT2D eigenvalue weighted by atomic mass is 9.76. The minimum atomic E-state index is 0.540. The second kappa shape index (κ2) is 6.44. The molecule has 5 heteroatoms. The summed E-state index contributed by atoms with van der Waals surface area (Å²) in [6, 6.07) is 9.23. The molecule has 0 radical (unpaired) electrons. The second-order valence-electron chi connectivity index (χ2n) is 6.16.